The SMILES string of the molecule is COc1ccnc(-c2cc(Cl)c(Cl)c3[nH]c4c(c23)CN(C(=O)CO)CC4)c1. The number of amides is 1. The maximum absolute atomic E-state index is 12.0. The zero-order valence-corrected chi connectivity index (χ0v) is 16.1. The monoisotopic (exact) mass is 405 g/mol. The molecule has 0 spiro atoms. The smallest absolute Gasteiger partial charge is 0.248 e. The molecule has 0 radical (unpaired) electrons. The largest absolute Gasteiger partial charge is 0.497 e. The van der Waals surface area contributed by atoms with Gasteiger partial charge in [0.25, 0.3) is 0 Å². The summed E-state index contributed by atoms with van der Waals surface area (Å²) in [5.74, 6) is 0.386. The molecule has 140 valence electrons. The van der Waals surface area contributed by atoms with E-state index in [2.05, 4.69) is 9.97 Å². The van der Waals surface area contributed by atoms with Crippen LogP contribution in [0.1, 0.15) is 11.3 Å². The molecule has 3 heterocycles. The van der Waals surface area contributed by atoms with Crippen molar-refractivity contribution in [2.24, 2.45) is 0 Å². The Bertz CT molecular complexity index is 1050. The van der Waals surface area contributed by atoms with Gasteiger partial charge >= 0.3 is 0 Å². The van der Waals surface area contributed by atoms with Crippen LogP contribution in [-0.2, 0) is 17.8 Å². The van der Waals surface area contributed by atoms with Crippen LogP contribution in [0.4, 0.5) is 0 Å². The Kier molecular flexibility index (Phi) is 4.72. The second kappa shape index (κ2) is 7.03. The first kappa shape index (κ1) is 18.1. The van der Waals surface area contributed by atoms with Gasteiger partial charge in [0, 0.05) is 54.0 Å². The lowest BCUT2D eigenvalue weighted by Crippen LogP contribution is -2.37. The molecule has 0 fully saturated rings. The Morgan fingerprint density at radius 1 is 1.41 bits per heavy atom. The summed E-state index contributed by atoms with van der Waals surface area (Å²) in [5.41, 5.74) is 4.23. The lowest BCUT2D eigenvalue weighted by atomic mass is 9.98. The number of methoxy groups -OCH3 is 1. The highest BCUT2D eigenvalue weighted by atomic mass is 35.5. The van der Waals surface area contributed by atoms with E-state index in [-0.39, 0.29) is 5.91 Å². The fraction of sp³-hybridized carbons (Fsp3) is 0.263. The van der Waals surface area contributed by atoms with E-state index >= 15 is 0 Å². The first-order valence-corrected chi connectivity index (χ1v) is 9.19. The van der Waals surface area contributed by atoms with Crippen LogP contribution in [0.15, 0.2) is 24.4 Å². The van der Waals surface area contributed by atoms with E-state index in [1.54, 1.807) is 30.3 Å². The fourth-order valence-corrected chi connectivity index (χ4v) is 3.94. The van der Waals surface area contributed by atoms with E-state index in [1.165, 1.54) is 0 Å². The molecule has 0 atom stereocenters. The minimum Gasteiger partial charge on any atom is -0.497 e. The number of fused-ring (bicyclic) bond motifs is 3. The highest BCUT2D eigenvalue weighted by Gasteiger charge is 2.27. The van der Waals surface area contributed by atoms with Crippen molar-refractivity contribution in [1.29, 1.82) is 0 Å². The molecule has 0 aliphatic carbocycles. The van der Waals surface area contributed by atoms with Crippen LogP contribution in [-0.4, -0.2) is 46.1 Å². The zero-order valence-electron chi connectivity index (χ0n) is 14.6. The predicted molar refractivity (Wildman–Crippen MR) is 104 cm³/mol. The average Bonchev–Trinajstić information content (AvgIpc) is 3.09. The minimum absolute atomic E-state index is 0.295. The maximum atomic E-state index is 12.0. The zero-order chi connectivity index (χ0) is 19.1. The van der Waals surface area contributed by atoms with Crippen molar-refractivity contribution < 1.29 is 14.6 Å². The van der Waals surface area contributed by atoms with Crippen LogP contribution in [0, 0.1) is 0 Å². The molecule has 1 aliphatic rings. The summed E-state index contributed by atoms with van der Waals surface area (Å²) in [4.78, 5) is 21.5. The summed E-state index contributed by atoms with van der Waals surface area (Å²) >= 11 is 12.8. The van der Waals surface area contributed by atoms with E-state index in [0.717, 1.165) is 27.7 Å². The Morgan fingerprint density at radius 2 is 2.22 bits per heavy atom. The number of benzene rings is 1. The highest BCUT2D eigenvalue weighted by Crippen LogP contribution is 2.42. The number of H-pyrrole nitrogens is 1. The topological polar surface area (TPSA) is 78.5 Å². The number of carbonyl (C=O) groups excluding carboxylic acids is 1. The number of aromatic amines is 1. The van der Waals surface area contributed by atoms with Crippen LogP contribution in [0.2, 0.25) is 10.0 Å². The standard InChI is InChI=1S/C19H17Cl2N3O3/c1-27-10-2-4-22-15(6-10)11-7-13(20)18(21)19-17(11)12-8-24(16(26)9-25)5-3-14(12)23-19/h2,4,6-7,23,25H,3,5,8-9H2,1H3. The molecule has 0 unspecified atom stereocenters. The molecule has 0 bridgehead atoms. The molecule has 6 nitrogen and oxygen atoms in total. The van der Waals surface area contributed by atoms with Gasteiger partial charge in [0.1, 0.15) is 12.4 Å². The van der Waals surface area contributed by atoms with Crippen LogP contribution in [0.5, 0.6) is 5.75 Å². The molecule has 1 amide bonds. The number of halogens is 2. The van der Waals surface area contributed by atoms with E-state index in [4.69, 9.17) is 27.9 Å². The van der Waals surface area contributed by atoms with Crippen molar-refractivity contribution in [2.75, 3.05) is 20.3 Å². The van der Waals surface area contributed by atoms with Crippen molar-refractivity contribution in [2.45, 2.75) is 13.0 Å². The number of aromatic nitrogens is 2. The first-order chi connectivity index (χ1) is 13.0. The summed E-state index contributed by atoms with van der Waals surface area (Å²) in [5, 5.41) is 11.0. The van der Waals surface area contributed by atoms with Crippen molar-refractivity contribution in [3.8, 4) is 17.0 Å². The van der Waals surface area contributed by atoms with Crippen LogP contribution in [0.25, 0.3) is 22.2 Å². The molecule has 3 aromatic rings. The Hall–Kier alpha value is -2.28. The molecule has 4 rings (SSSR count). The third-order valence-corrected chi connectivity index (χ3v) is 5.66. The van der Waals surface area contributed by atoms with Gasteiger partial charge in [-0.15, -0.1) is 0 Å². The number of aliphatic hydroxyl groups is 1. The van der Waals surface area contributed by atoms with Crippen molar-refractivity contribution in [1.82, 2.24) is 14.9 Å². The van der Waals surface area contributed by atoms with Gasteiger partial charge in [-0.05, 0) is 12.1 Å². The summed E-state index contributed by atoms with van der Waals surface area (Å²) in [7, 11) is 1.60. The molecule has 8 heteroatoms. The molecule has 0 saturated heterocycles. The van der Waals surface area contributed by atoms with E-state index in [0.29, 0.717) is 41.0 Å². The second-order valence-electron chi connectivity index (χ2n) is 6.36. The predicted octanol–water partition coefficient (Wildman–Crippen LogP) is 3.42. The van der Waals surface area contributed by atoms with Gasteiger partial charge in [-0.3, -0.25) is 9.78 Å². The molecule has 27 heavy (non-hydrogen) atoms. The number of rotatable bonds is 3. The summed E-state index contributed by atoms with van der Waals surface area (Å²) < 4.78 is 5.31. The summed E-state index contributed by atoms with van der Waals surface area (Å²) in [6, 6.07) is 5.39. The third kappa shape index (κ3) is 3.04. The number of pyridine rings is 1. The average molecular weight is 406 g/mol. The second-order valence-corrected chi connectivity index (χ2v) is 7.14. The van der Waals surface area contributed by atoms with Gasteiger partial charge in [0.15, 0.2) is 0 Å². The molecule has 1 aliphatic heterocycles. The number of nitrogens with zero attached hydrogens (tertiary/aromatic N) is 2. The number of hydrogen-bond acceptors (Lipinski definition) is 4. The number of nitrogens with one attached hydrogen (secondary N) is 1. The first-order valence-electron chi connectivity index (χ1n) is 8.44. The van der Waals surface area contributed by atoms with Crippen LogP contribution in [0.3, 0.4) is 0 Å². The number of hydrogen-bond donors (Lipinski definition) is 2. The van der Waals surface area contributed by atoms with E-state index < -0.39 is 6.61 Å². The number of ether oxygens (including phenoxy) is 1. The van der Waals surface area contributed by atoms with Crippen molar-refractivity contribution in [3.63, 3.8) is 0 Å². The van der Waals surface area contributed by atoms with Gasteiger partial charge in [0.05, 0.1) is 28.4 Å². The third-order valence-electron chi connectivity index (χ3n) is 4.87. The number of carbonyl (C=O) groups is 1. The fourth-order valence-electron chi connectivity index (χ4n) is 3.54. The lowest BCUT2D eigenvalue weighted by molar-refractivity contribution is -0.135. The van der Waals surface area contributed by atoms with Gasteiger partial charge in [-0.1, -0.05) is 23.2 Å². The van der Waals surface area contributed by atoms with Crippen LogP contribution < -0.4 is 4.74 Å². The molecule has 2 N–H and O–H groups in total. The normalized spacial score (nSPS) is 13.7. The molecule has 0 saturated carbocycles. The number of aliphatic hydroxyl groups excluding tert-OH is 1. The summed E-state index contributed by atoms with van der Waals surface area (Å²) in [6.07, 6.45) is 2.32. The Morgan fingerprint density at radius 3 is 2.96 bits per heavy atom. The molecular formula is C19H17Cl2N3O3. The van der Waals surface area contributed by atoms with E-state index in [9.17, 15) is 9.90 Å². The molecular weight excluding hydrogens is 389 g/mol. The highest BCUT2D eigenvalue weighted by molar-refractivity contribution is 6.45. The van der Waals surface area contributed by atoms with Gasteiger partial charge in [-0.2, -0.15) is 0 Å². The van der Waals surface area contributed by atoms with Crippen molar-refractivity contribution >= 4 is 40.0 Å². The van der Waals surface area contributed by atoms with Gasteiger partial charge in [0.2, 0.25) is 5.91 Å². The van der Waals surface area contributed by atoms with E-state index in [1.807, 2.05) is 6.07 Å². The van der Waals surface area contributed by atoms with Gasteiger partial charge in [-0.25, -0.2) is 0 Å². The Labute approximate surface area is 165 Å². The quantitative estimate of drug-likeness (QED) is 0.699. The summed E-state index contributed by atoms with van der Waals surface area (Å²) in [6.45, 7) is 0.426. The van der Waals surface area contributed by atoms with Crippen molar-refractivity contribution in [3.05, 3.63) is 45.7 Å². The molecule has 2 aromatic heterocycles. The Balaban J connectivity index is 1.96. The van der Waals surface area contributed by atoms with Crippen LogP contribution >= 0.6 is 23.2 Å². The molecule has 1 aromatic carbocycles. The maximum Gasteiger partial charge on any atom is 0.248 e. The lowest BCUT2D eigenvalue weighted by Gasteiger charge is -2.26. The van der Waals surface area contributed by atoms with Gasteiger partial charge < -0.3 is 19.7 Å². The minimum atomic E-state index is -0.505.